The number of fused-ring (bicyclic) bond motifs is 1. The molecule has 1 aliphatic rings. The number of thiophene rings is 1. The lowest BCUT2D eigenvalue weighted by atomic mass is 10.2. The van der Waals surface area contributed by atoms with Crippen LogP contribution in [0.1, 0.15) is 10.6 Å². The van der Waals surface area contributed by atoms with Gasteiger partial charge in [-0.3, -0.25) is 0 Å². The Bertz CT molecular complexity index is 737. The van der Waals surface area contributed by atoms with Crippen molar-refractivity contribution in [1.82, 2.24) is 9.97 Å². The van der Waals surface area contributed by atoms with Crippen LogP contribution in [0.5, 0.6) is 0 Å². The second-order valence-corrected chi connectivity index (χ2v) is 7.77. The maximum absolute atomic E-state index is 12.0. The SMILES string of the molecule is Cc1ccc(-c2nc(Cl)nc3c2S(=O)(=O)CC3)s1. The van der Waals surface area contributed by atoms with Crippen LogP contribution in [0.3, 0.4) is 0 Å². The van der Waals surface area contributed by atoms with Crippen molar-refractivity contribution in [2.75, 3.05) is 5.75 Å². The van der Waals surface area contributed by atoms with Crippen LogP contribution in [-0.4, -0.2) is 24.1 Å². The van der Waals surface area contributed by atoms with Crippen molar-refractivity contribution in [1.29, 1.82) is 0 Å². The molecule has 0 fully saturated rings. The molecule has 3 heterocycles. The van der Waals surface area contributed by atoms with Crippen LogP contribution in [0.15, 0.2) is 17.0 Å². The summed E-state index contributed by atoms with van der Waals surface area (Å²) in [5.41, 5.74) is 0.983. The van der Waals surface area contributed by atoms with Gasteiger partial charge in [0.25, 0.3) is 0 Å². The molecule has 18 heavy (non-hydrogen) atoms. The Hall–Kier alpha value is -0.980. The fraction of sp³-hybridized carbons (Fsp3) is 0.273. The van der Waals surface area contributed by atoms with Crippen LogP contribution >= 0.6 is 22.9 Å². The smallest absolute Gasteiger partial charge is 0.223 e. The van der Waals surface area contributed by atoms with Gasteiger partial charge in [0.15, 0.2) is 9.84 Å². The summed E-state index contributed by atoms with van der Waals surface area (Å²) in [6.07, 6.45) is 0.414. The highest BCUT2D eigenvalue weighted by molar-refractivity contribution is 7.91. The van der Waals surface area contributed by atoms with Crippen molar-refractivity contribution in [3.8, 4) is 10.6 Å². The van der Waals surface area contributed by atoms with Gasteiger partial charge in [-0.1, -0.05) is 0 Å². The Morgan fingerprint density at radius 2 is 2.11 bits per heavy atom. The molecular formula is C11H9ClN2O2S2. The van der Waals surface area contributed by atoms with Gasteiger partial charge in [0.2, 0.25) is 5.28 Å². The number of halogens is 1. The number of rotatable bonds is 1. The second-order valence-electron chi connectivity index (χ2n) is 4.10. The van der Waals surface area contributed by atoms with Gasteiger partial charge >= 0.3 is 0 Å². The normalized spacial score (nSPS) is 16.8. The van der Waals surface area contributed by atoms with E-state index in [4.69, 9.17) is 11.6 Å². The van der Waals surface area contributed by atoms with Crippen molar-refractivity contribution >= 4 is 32.8 Å². The number of nitrogens with zero attached hydrogens (tertiary/aromatic N) is 2. The zero-order valence-electron chi connectivity index (χ0n) is 9.47. The van der Waals surface area contributed by atoms with E-state index in [1.54, 1.807) is 0 Å². The van der Waals surface area contributed by atoms with Gasteiger partial charge in [-0.25, -0.2) is 18.4 Å². The molecule has 0 saturated heterocycles. The lowest BCUT2D eigenvalue weighted by molar-refractivity contribution is 0.600. The summed E-state index contributed by atoms with van der Waals surface area (Å²) in [5, 5.41) is 0.104. The van der Waals surface area contributed by atoms with Gasteiger partial charge in [-0.15, -0.1) is 11.3 Å². The van der Waals surface area contributed by atoms with Crippen LogP contribution in [0.2, 0.25) is 5.28 Å². The molecule has 0 atom stereocenters. The molecule has 0 aliphatic carbocycles. The second kappa shape index (κ2) is 4.01. The van der Waals surface area contributed by atoms with Gasteiger partial charge in [-0.05, 0) is 30.7 Å². The number of hydrogen-bond donors (Lipinski definition) is 0. The van der Waals surface area contributed by atoms with Crippen LogP contribution in [0, 0.1) is 6.92 Å². The lowest BCUT2D eigenvalue weighted by Gasteiger charge is -2.05. The zero-order chi connectivity index (χ0) is 12.9. The predicted molar refractivity (Wildman–Crippen MR) is 70.8 cm³/mol. The molecule has 7 heteroatoms. The van der Waals surface area contributed by atoms with E-state index in [0.717, 1.165) is 9.75 Å². The van der Waals surface area contributed by atoms with E-state index in [9.17, 15) is 8.42 Å². The first-order valence-corrected chi connectivity index (χ1v) is 8.18. The molecular weight excluding hydrogens is 292 g/mol. The summed E-state index contributed by atoms with van der Waals surface area (Å²) < 4.78 is 24.1. The van der Waals surface area contributed by atoms with Gasteiger partial charge in [-0.2, -0.15) is 0 Å². The van der Waals surface area contributed by atoms with E-state index in [-0.39, 0.29) is 15.9 Å². The highest BCUT2D eigenvalue weighted by Crippen LogP contribution is 2.37. The van der Waals surface area contributed by atoms with E-state index in [1.807, 2.05) is 19.1 Å². The average Bonchev–Trinajstić information content (AvgIpc) is 2.83. The largest absolute Gasteiger partial charge is 0.224 e. The van der Waals surface area contributed by atoms with E-state index in [0.29, 0.717) is 17.8 Å². The van der Waals surface area contributed by atoms with Gasteiger partial charge < -0.3 is 0 Å². The lowest BCUT2D eigenvalue weighted by Crippen LogP contribution is -2.03. The molecule has 0 unspecified atom stereocenters. The molecule has 0 aromatic carbocycles. The predicted octanol–water partition coefficient (Wildman–Crippen LogP) is 2.50. The minimum absolute atomic E-state index is 0.0920. The Balaban J connectivity index is 2.34. The van der Waals surface area contributed by atoms with Crippen molar-refractivity contribution in [3.05, 3.63) is 28.0 Å². The van der Waals surface area contributed by atoms with Crippen molar-refractivity contribution in [2.45, 2.75) is 18.2 Å². The first kappa shape index (κ1) is 12.1. The molecule has 2 aromatic rings. The summed E-state index contributed by atoms with van der Waals surface area (Å²) >= 11 is 7.37. The Labute approximate surface area is 114 Å². The van der Waals surface area contributed by atoms with Crippen molar-refractivity contribution in [2.24, 2.45) is 0 Å². The van der Waals surface area contributed by atoms with Crippen LogP contribution in [0.25, 0.3) is 10.6 Å². The number of aromatic nitrogens is 2. The Kier molecular flexibility index (Phi) is 2.69. The van der Waals surface area contributed by atoms with E-state index in [2.05, 4.69) is 9.97 Å². The quantitative estimate of drug-likeness (QED) is 0.759. The molecule has 3 rings (SSSR count). The van der Waals surface area contributed by atoms with Crippen LogP contribution < -0.4 is 0 Å². The molecule has 4 nitrogen and oxygen atoms in total. The third kappa shape index (κ3) is 1.84. The monoisotopic (exact) mass is 300 g/mol. The van der Waals surface area contributed by atoms with E-state index < -0.39 is 9.84 Å². The molecule has 2 aromatic heterocycles. The van der Waals surface area contributed by atoms with Crippen molar-refractivity contribution < 1.29 is 8.42 Å². The maximum Gasteiger partial charge on any atom is 0.223 e. The van der Waals surface area contributed by atoms with Gasteiger partial charge in [0.1, 0.15) is 10.6 Å². The number of aryl methyl sites for hydroxylation is 2. The number of sulfone groups is 1. The first-order valence-electron chi connectivity index (χ1n) is 5.33. The average molecular weight is 301 g/mol. The van der Waals surface area contributed by atoms with Crippen LogP contribution in [-0.2, 0) is 16.3 Å². The van der Waals surface area contributed by atoms with Gasteiger partial charge in [0.05, 0.1) is 16.3 Å². The third-order valence-corrected chi connectivity index (χ3v) is 5.77. The summed E-state index contributed by atoms with van der Waals surface area (Å²) in [6.45, 7) is 1.96. The molecule has 0 radical (unpaired) electrons. The Morgan fingerprint density at radius 3 is 2.78 bits per heavy atom. The molecule has 94 valence electrons. The molecule has 0 bridgehead atoms. The number of hydrogen-bond acceptors (Lipinski definition) is 5. The highest BCUT2D eigenvalue weighted by Gasteiger charge is 2.33. The minimum Gasteiger partial charge on any atom is -0.224 e. The fourth-order valence-electron chi connectivity index (χ4n) is 2.02. The van der Waals surface area contributed by atoms with E-state index in [1.165, 1.54) is 11.3 Å². The van der Waals surface area contributed by atoms with Crippen LogP contribution in [0.4, 0.5) is 0 Å². The molecule has 1 aliphatic heterocycles. The Morgan fingerprint density at radius 1 is 1.33 bits per heavy atom. The zero-order valence-corrected chi connectivity index (χ0v) is 11.9. The minimum atomic E-state index is -3.27. The summed E-state index contributed by atoms with van der Waals surface area (Å²) in [4.78, 5) is 10.3. The topological polar surface area (TPSA) is 59.9 Å². The molecule has 0 amide bonds. The summed E-state index contributed by atoms with van der Waals surface area (Å²) in [6, 6.07) is 3.80. The van der Waals surface area contributed by atoms with Crippen molar-refractivity contribution in [3.63, 3.8) is 0 Å². The molecule has 0 saturated carbocycles. The van der Waals surface area contributed by atoms with E-state index >= 15 is 0 Å². The summed E-state index contributed by atoms with van der Waals surface area (Å²) in [5.74, 6) is 0.0920. The maximum atomic E-state index is 12.0. The standard InChI is InChI=1S/C11H9ClN2O2S2/c1-6-2-3-8(17-6)9-10-7(13-11(12)14-9)4-5-18(10,15)16/h2-3H,4-5H2,1H3. The van der Waals surface area contributed by atoms with Gasteiger partial charge in [0, 0.05) is 11.3 Å². The molecule has 0 spiro atoms. The third-order valence-electron chi connectivity index (χ3n) is 2.80. The summed E-state index contributed by atoms with van der Waals surface area (Å²) in [7, 11) is -3.27. The molecule has 0 N–H and O–H groups in total. The fourth-order valence-corrected chi connectivity index (χ4v) is 4.76. The first-order chi connectivity index (χ1) is 8.47. The highest BCUT2D eigenvalue weighted by atomic mass is 35.5.